The van der Waals surface area contributed by atoms with Gasteiger partial charge in [0.25, 0.3) is 0 Å². The van der Waals surface area contributed by atoms with Gasteiger partial charge >= 0.3 is 6.36 Å². The van der Waals surface area contributed by atoms with Gasteiger partial charge in [-0.1, -0.05) is 26.7 Å². The summed E-state index contributed by atoms with van der Waals surface area (Å²) in [4.78, 5) is 0. The lowest BCUT2D eigenvalue weighted by molar-refractivity contribution is -0.323. The molecule has 1 rings (SSSR count). The van der Waals surface area contributed by atoms with Gasteiger partial charge in [0.15, 0.2) is 0 Å². The predicted molar refractivity (Wildman–Crippen MR) is 56.0 cm³/mol. The first-order chi connectivity index (χ1) is 7.40. The molecule has 0 aliphatic heterocycles. The molecule has 16 heavy (non-hydrogen) atoms. The summed E-state index contributed by atoms with van der Waals surface area (Å²) in [5.41, 5.74) is 0. The minimum absolute atomic E-state index is 0.265. The van der Waals surface area contributed by atoms with Crippen LogP contribution in [0.5, 0.6) is 0 Å². The third-order valence-corrected chi connectivity index (χ3v) is 3.48. The van der Waals surface area contributed by atoms with E-state index >= 15 is 0 Å². The van der Waals surface area contributed by atoms with Crippen LogP contribution in [-0.2, 0) is 4.74 Å². The quantitative estimate of drug-likeness (QED) is 0.762. The molecule has 0 aromatic heterocycles. The van der Waals surface area contributed by atoms with E-state index in [1.165, 1.54) is 6.42 Å². The molecule has 0 aromatic carbocycles. The molecule has 0 radical (unpaired) electrons. The van der Waals surface area contributed by atoms with Gasteiger partial charge in [-0.05, 0) is 18.3 Å². The fourth-order valence-electron chi connectivity index (χ4n) is 2.28. The largest absolute Gasteiger partial charge is 0.522 e. The van der Waals surface area contributed by atoms with Gasteiger partial charge in [-0.25, -0.2) is 0 Å². The lowest BCUT2D eigenvalue weighted by Gasteiger charge is -2.34. The molecule has 1 N–H and O–H groups in total. The second-order valence-electron chi connectivity index (χ2n) is 4.62. The fourth-order valence-corrected chi connectivity index (χ4v) is 2.28. The summed E-state index contributed by atoms with van der Waals surface area (Å²) >= 11 is 0. The molecule has 1 aliphatic carbocycles. The van der Waals surface area contributed by atoms with Gasteiger partial charge in [0.1, 0.15) is 0 Å². The number of rotatable bonds is 4. The topological polar surface area (TPSA) is 21.3 Å². The SMILES string of the molecule is CC1CCCC(NCCOC(F)(F)F)C1C. The van der Waals surface area contributed by atoms with E-state index in [0.717, 1.165) is 12.8 Å². The first-order valence-electron chi connectivity index (χ1n) is 5.84. The van der Waals surface area contributed by atoms with Crippen LogP contribution in [0, 0.1) is 11.8 Å². The van der Waals surface area contributed by atoms with Crippen molar-refractivity contribution in [2.75, 3.05) is 13.2 Å². The van der Waals surface area contributed by atoms with Crippen LogP contribution in [-0.4, -0.2) is 25.6 Å². The normalized spacial score (nSPS) is 31.7. The average molecular weight is 239 g/mol. The zero-order valence-corrected chi connectivity index (χ0v) is 9.81. The molecule has 0 heterocycles. The third kappa shape index (κ3) is 4.70. The first-order valence-corrected chi connectivity index (χ1v) is 5.84. The van der Waals surface area contributed by atoms with Crippen molar-refractivity contribution in [1.29, 1.82) is 0 Å². The highest BCUT2D eigenvalue weighted by molar-refractivity contribution is 4.81. The van der Waals surface area contributed by atoms with Crippen molar-refractivity contribution in [3.05, 3.63) is 0 Å². The minimum Gasteiger partial charge on any atom is -0.311 e. The summed E-state index contributed by atoms with van der Waals surface area (Å²) in [6, 6.07) is 0.334. The van der Waals surface area contributed by atoms with Gasteiger partial charge in [0, 0.05) is 12.6 Å². The van der Waals surface area contributed by atoms with Gasteiger partial charge in [-0.15, -0.1) is 13.2 Å². The monoisotopic (exact) mass is 239 g/mol. The van der Waals surface area contributed by atoms with E-state index in [1.807, 2.05) is 0 Å². The number of nitrogens with one attached hydrogen (secondary N) is 1. The van der Waals surface area contributed by atoms with Gasteiger partial charge in [-0.2, -0.15) is 0 Å². The minimum atomic E-state index is -4.51. The third-order valence-electron chi connectivity index (χ3n) is 3.48. The maximum atomic E-state index is 11.7. The van der Waals surface area contributed by atoms with E-state index in [9.17, 15) is 13.2 Å². The Labute approximate surface area is 94.5 Å². The summed E-state index contributed by atoms with van der Waals surface area (Å²) < 4.78 is 38.8. The second-order valence-corrected chi connectivity index (χ2v) is 4.62. The zero-order valence-electron chi connectivity index (χ0n) is 9.81. The molecule has 0 bridgehead atoms. The summed E-state index contributed by atoms with van der Waals surface area (Å²) in [6.45, 7) is 4.32. The number of ether oxygens (including phenoxy) is 1. The van der Waals surface area contributed by atoms with Crippen LogP contribution >= 0.6 is 0 Å². The average Bonchev–Trinajstić information content (AvgIpc) is 2.17. The van der Waals surface area contributed by atoms with Crippen molar-refractivity contribution in [2.24, 2.45) is 11.8 Å². The summed E-state index contributed by atoms with van der Waals surface area (Å²) in [6.07, 6.45) is -1.08. The molecule has 2 nitrogen and oxygen atoms in total. The highest BCUT2D eigenvalue weighted by Crippen LogP contribution is 2.29. The van der Waals surface area contributed by atoms with Crippen molar-refractivity contribution in [2.45, 2.75) is 45.5 Å². The van der Waals surface area contributed by atoms with Gasteiger partial charge in [-0.3, -0.25) is 4.74 Å². The standard InChI is InChI=1S/C11H20F3NO/c1-8-4-3-5-10(9(8)2)15-6-7-16-11(12,13)14/h8-10,15H,3-7H2,1-2H3. The Bertz CT molecular complexity index is 208. The van der Waals surface area contributed by atoms with Crippen LogP contribution in [0.4, 0.5) is 13.2 Å². The summed E-state index contributed by atoms with van der Waals surface area (Å²) in [5, 5.41) is 3.15. The molecule has 1 fully saturated rings. The van der Waals surface area contributed by atoms with Gasteiger partial charge in [0.05, 0.1) is 6.61 Å². The zero-order chi connectivity index (χ0) is 12.2. The maximum absolute atomic E-state index is 11.7. The molecule has 3 atom stereocenters. The lowest BCUT2D eigenvalue weighted by atomic mass is 9.78. The number of halogens is 3. The van der Waals surface area contributed by atoms with Crippen LogP contribution < -0.4 is 5.32 Å². The van der Waals surface area contributed by atoms with Crippen molar-refractivity contribution in [3.8, 4) is 0 Å². The van der Waals surface area contributed by atoms with Crippen molar-refractivity contribution in [1.82, 2.24) is 5.32 Å². The molecule has 1 aliphatic rings. The Morgan fingerprint density at radius 1 is 1.25 bits per heavy atom. The Balaban J connectivity index is 2.17. The first kappa shape index (κ1) is 13.8. The van der Waals surface area contributed by atoms with E-state index in [0.29, 0.717) is 17.9 Å². The molecular formula is C11H20F3NO. The molecule has 5 heteroatoms. The smallest absolute Gasteiger partial charge is 0.311 e. The van der Waals surface area contributed by atoms with Gasteiger partial charge in [0.2, 0.25) is 0 Å². The van der Waals surface area contributed by atoms with E-state index < -0.39 is 6.36 Å². The van der Waals surface area contributed by atoms with Crippen LogP contribution in [0.3, 0.4) is 0 Å². The number of alkyl halides is 3. The van der Waals surface area contributed by atoms with Crippen LogP contribution in [0.2, 0.25) is 0 Å². The Kier molecular flexibility index (Phi) is 5.05. The van der Waals surface area contributed by atoms with Crippen molar-refractivity contribution >= 4 is 0 Å². The number of hydrogen-bond acceptors (Lipinski definition) is 2. The molecule has 0 aromatic rings. The molecule has 3 unspecified atom stereocenters. The van der Waals surface area contributed by atoms with Crippen LogP contribution in [0.1, 0.15) is 33.1 Å². The molecule has 96 valence electrons. The molecule has 1 saturated carbocycles. The van der Waals surface area contributed by atoms with Crippen LogP contribution in [0.15, 0.2) is 0 Å². The predicted octanol–water partition coefficient (Wildman–Crippen LogP) is 2.94. The second kappa shape index (κ2) is 5.87. The van der Waals surface area contributed by atoms with E-state index in [1.54, 1.807) is 0 Å². The molecule has 0 amide bonds. The summed E-state index contributed by atoms with van der Waals surface area (Å²) in [7, 11) is 0. The highest BCUT2D eigenvalue weighted by atomic mass is 19.4. The van der Waals surface area contributed by atoms with E-state index in [-0.39, 0.29) is 13.2 Å². The van der Waals surface area contributed by atoms with Crippen LogP contribution in [0.25, 0.3) is 0 Å². The molecular weight excluding hydrogens is 219 g/mol. The summed E-state index contributed by atoms with van der Waals surface area (Å²) in [5.74, 6) is 1.18. The van der Waals surface area contributed by atoms with Crippen molar-refractivity contribution in [3.63, 3.8) is 0 Å². The Morgan fingerprint density at radius 3 is 2.56 bits per heavy atom. The Morgan fingerprint density at radius 2 is 1.94 bits per heavy atom. The number of hydrogen-bond donors (Lipinski definition) is 1. The lowest BCUT2D eigenvalue weighted by Crippen LogP contribution is -2.42. The molecule has 0 spiro atoms. The Hall–Kier alpha value is -0.290. The van der Waals surface area contributed by atoms with E-state index in [4.69, 9.17) is 0 Å². The highest BCUT2D eigenvalue weighted by Gasteiger charge is 2.29. The van der Waals surface area contributed by atoms with E-state index in [2.05, 4.69) is 23.9 Å². The molecule has 0 saturated heterocycles. The van der Waals surface area contributed by atoms with Gasteiger partial charge < -0.3 is 5.32 Å². The maximum Gasteiger partial charge on any atom is 0.522 e. The van der Waals surface area contributed by atoms with Crippen molar-refractivity contribution < 1.29 is 17.9 Å². The fraction of sp³-hybridized carbons (Fsp3) is 1.00.